The highest BCUT2D eigenvalue weighted by Crippen LogP contribution is 2.35. The molecule has 0 spiro atoms. The Kier molecular flexibility index (Phi) is 6.55. The monoisotopic (exact) mass is 435 g/mol. The van der Waals surface area contributed by atoms with E-state index in [9.17, 15) is 18.0 Å². The molecule has 0 bridgehead atoms. The van der Waals surface area contributed by atoms with Crippen molar-refractivity contribution in [1.82, 2.24) is 14.7 Å². The molecule has 3 rings (SSSR count). The van der Waals surface area contributed by atoms with E-state index in [2.05, 4.69) is 5.10 Å². The number of halogens is 3. The molecule has 1 unspecified atom stereocenters. The normalized spacial score (nSPS) is 17.0. The molecule has 1 aliphatic rings. The third-order valence-electron chi connectivity index (χ3n) is 5.53. The van der Waals surface area contributed by atoms with Crippen molar-refractivity contribution in [2.75, 3.05) is 38.3 Å². The minimum atomic E-state index is -4.62. The van der Waals surface area contributed by atoms with E-state index in [4.69, 9.17) is 10.00 Å². The van der Waals surface area contributed by atoms with Gasteiger partial charge in [0.15, 0.2) is 0 Å². The van der Waals surface area contributed by atoms with Crippen LogP contribution in [0.3, 0.4) is 0 Å². The van der Waals surface area contributed by atoms with Crippen molar-refractivity contribution in [1.29, 1.82) is 5.26 Å². The summed E-state index contributed by atoms with van der Waals surface area (Å²) in [5.74, 6) is -0.172. The lowest BCUT2D eigenvalue weighted by molar-refractivity contribution is -0.137. The maximum Gasteiger partial charge on any atom is 0.417 e. The molecule has 1 fully saturated rings. The highest BCUT2D eigenvalue weighted by atomic mass is 19.4. The molecule has 31 heavy (non-hydrogen) atoms. The van der Waals surface area contributed by atoms with Crippen LogP contribution in [-0.2, 0) is 17.5 Å². The second kappa shape index (κ2) is 8.98. The number of amides is 1. The van der Waals surface area contributed by atoms with Crippen LogP contribution in [0.2, 0.25) is 0 Å². The lowest BCUT2D eigenvalue weighted by Crippen LogP contribution is -2.57. The van der Waals surface area contributed by atoms with E-state index in [1.165, 1.54) is 19.2 Å². The number of carbonyl (C=O) groups excluding carboxylic acids is 1. The van der Waals surface area contributed by atoms with E-state index in [1.54, 1.807) is 26.7 Å². The number of rotatable bonds is 5. The Hall–Kier alpha value is -3.06. The molecule has 7 nitrogen and oxygen atoms in total. The first-order valence-electron chi connectivity index (χ1n) is 9.89. The van der Waals surface area contributed by atoms with Gasteiger partial charge in [-0.05, 0) is 32.0 Å². The minimum absolute atomic E-state index is 0.172. The molecule has 1 saturated heterocycles. The summed E-state index contributed by atoms with van der Waals surface area (Å²) in [6, 6.07) is 4.93. The largest absolute Gasteiger partial charge is 0.417 e. The molecule has 0 N–H and O–H groups in total. The summed E-state index contributed by atoms with van der Waals surface area (Å²) >= 11 is 0. The number of anilines is 1. The molecule has 166 valence electrons. The zero-order valence-corrected chi connectivity index (χ0v) is 17.6. The molecule has 2 aromatic rings. The number of methoxy groups -OCH3 is 1. The summed E-state index contributed by atoms with van der Waals surface area (Å²) < 4.78 is 47.1. The number of aryl methyl sites for hydroxylation is 1. The average Bonchev–Trinajstić information content (AvgIpc) is 3.12. The third-order valence-corrected chi connectivity index (χ3v) is 5.53. The van der Waals surface area contributed by atoms with Crippen molar-refractivity contribution in [3.8, 4) is 6.07 Å². The zero-order valence-electron chi connectivity index (χ0n) is 17.6. The topological polar surface area (TPSA) is 74.4 Å². The number of ether oxygens (including phenoxy) is 1. The predicted octanol–water partition coefficient (Wildman–Crippen LogP) is 3.08. The van der Waals surface area contributed by atoms with Crippen molar-refractivity contribution in [3.05, 3.63) is 46.8 Å². The molecular formula is C21H24F3N5O2. The van der Waals surface area contributed by atoms with Gasteiger partial charge in [0.2, 0.25) is 0 Å². The van der Waals surface area contributed by atoms with Crippen molar-refractivity contribution in [2.24, 2.45) is 0 Å². The SMILES string of the molecule is CCn1ncc(C(=O)N2CCN(c3ccc(C#N)c(C(F)(F)F)c3)CC2COC)c1C. The van der Waals surface area contributed by atoms with Crippen LogP contribution < -0.4 is 4.90 Å². The molecular weight excluding hydrogens is 411 g/mol. The lowest BCUT2D eigenvalue weighted by Gasteiger charge is -2.42. The Balaban J connectivity index is 1.86. The van der Waals surface area contributed by atoms with Crippen LogP contribution in [0, 0.1) is 18.3 Å². The number of carbonyl (C=O) groups is 1. The van der Waals surface area contributed by atoms with E-state index in [1.807, 2.05) is 13.8 Å². The van der Waals surface area contributed by atoms with Crippen LogP contribution >= 0.6 is 0 Å². The number of benzene rings is 1. The fraction of sp³-hybridized carbons (Fsp3) is 0.476. The number of hydrogen-bond acceptors (Lipinski definition) is 5. The number of hydrogen-bond donors (Lipinski definition) is 0. The van der Waals surface area contributed by atoms with Crippen LogP contribution in [-0.4, -0.2) is 60.0 Å². The summed E-state index contributed by atoms with van der Waals surface area (Å²) in [6.07, 6.45) is -3.07. The first kappa shape index (κ1) is 22.6. The van der Waals surface area contributed by atoms with Gasteiger partial charge in [-0.15, -0.1) is 0 Å². The Morgan fingerprint density at radius 2 is 2.10 bits per heavy atom. The van der Waals surface area contributed by atoms with Crippen molar-refractivity contribution in [2.45, 2.75) is 32.6 Å². The van der Waals surface area contributed by atoms with E-state index >= 15 is 0 Å². The molecule has 2 heterocycles. The minimum Gasteiger partial charge on any atom is -0.382 e. The summed E-state index contributed by atoms with van der Waals surface area (Å²) in [4.78, 5) is 16.6. The Morgan fingerprint density at radius 3 is 2.68 bits per heavy atom. The lowest BCUT2D eigenvalue weighted by atomic mass is 10.0. The van der Waals surface area contributed by atoms with Crippen LogP contribution in [0.1, 0.15) is 34.1 Å². The van der Waals surface area contributed by atoms with E-state index in [-0.39, 0.29) is 18.6 Å². The number of nitriles is 1. The quantitative estimate of drug-likeness (QED) is 0.722. The van der Waals surface area contributed by atoms with Gasteiger partial charge >= 0.3 is 6.18 Å². The van der Waals surface area contributed by atoms with E-state index in [0.29, 0.717) is 37.4 Å². The molecule has 0 radical (unpaired) electrons. The standard InChI is InChI=1S/C21H24F3N5O2/c1-4-29-14(2)18(11-26-29)20(30)28-8-7-27(12-17(28)13-31-3)16-6-5-15(10-25)19(9-16)21(22,23)24/h5-6,9,11,17H,4,7-8,12-13H2,1-3H3. The molecule has 1 aliphatic heterocycles. The van der Waals surface area contributed by atoms with Gasteiger partial charge in [-0.3, -0.25) is 9.48 Å². The van der Waals surface area contributed by atoms with Crippen LogP contribution in [0.15, 0.2) is 24.4 Å². The molecule has 0 saturated carbocycles. The molecule has 1 aromatic heterocycles. The average molecular weight is 435 g/mol. The first-order chi connectivity index (χ1) is 14.7. The second-order valence-electron chi connectivity index (χ2n) is 7.35. The number of piperazine rings is 1. The summed E-state index contributed by atoms with van der Waals surface area (Å²) in [6.45, 7) is 5.65. The van der Waals surface area contributed by atoms with Gasteiger partial charge in [0.05, 0.1) is 41.6 Å². The van der Waals surface area contributed by atoms with Crippen LogP contribution in [0.25, 0.3) is 0 Å². The number of alkyl halides is 3. The fourth-order valence-electron chi connectivity index (χ4n) is 3.88. The maximum absolute atomic E-state index is 13.4. The van der Waals surface area contributed by atoms with Crippen LogP contribution in [0.4, 0.5) is 18.9 Å². The van der Waals surface area contributed by atoms with Crippen LogP contribution in [0.5, 0.6) is 0 Å². The molecule has 10 heteroatoms. The van der Waals surface area contributed by atoms with Crippen molar-refractivity contribution < 1.29 is 22.7 Å². The van der Waals surface area contributed by atoms with E-state index in [0.717, 1.165) is 11.8 Å². The van der Waals surface area contributed by atoms with Gasteiger partial charge in [0, 0.05) is 44.7 Å². The van der Waals surface area contributed by atoms with Crippen molar-refractivity contribution in [3.63, 3.8) is 0 Å². The Bertz CT molecular complexity index is 996. The second-order valence-corrected chi connectivity index (χ2v) is 7.35. The van der Waals surface area contributed by atoms with Gasteiger partial charge < -0.3 is 14.5 Å². The smallest absolute Gasteiger partial charge is 0.382 e. The highest BCUT2D eigenvalue weighted by molar-refractivity contribution is 5.95. The highest BCUT2D eigenvalue weighted by Gasteiger charge is 2.36. The van der Waals surface area contributed by atoms with Gasteiger partial charge in [-0.1, -0.05) is 0 Å². The molecule has 0 aliphatic carbocycles. The van der Waals surface area contributed by atoms with Crippen molar-refractivity contribution >= 4 is 11.6 Å². The number of nitrogens with zero attached hydrogens (tertiary/aromatic N) is 5. The first-order valence-corrected chi connectivity index (χ1v) is 9.89. The van der Waals surface area contributed by atoms with E-state index < -0.39 is 17.3 Å². The summed E-state index contributed by atoms with van der Waals surface area (Å²) in [7, 11) is 1.52. The summed E-state index contributed by atoms with van der Waals surface area (Å²) in [5, 5.41) is 13.2. The Labute approximate surface area is 178 Å². The Morgan fingerprint density at radius 1 is 1.35 bits per heavy atom. The van der Waals surface area contributed by atoms with Gasteiger partial charge in [-0.2, -0.15) is 23.5 Å². The fourth-order valence-corrected chi connectivity index (χ4v) is 3.88. The molecule has 1 amide bonds. The summed E-state index contributed by atoms with van der Waals surface area (Å²) in [5.41, 5.74) is 0.260. The molecule has 1 aromatic carbocycles. The van der Waals surface area contributed by atoms with Gasteiger partial charge in [-0.25, -0.2) is 0 Å². The predicted molar refractivity (Wildman–Crippen MR) is 108 cm³/mol. The number of aromatic nitrogens is 2. The molecule has 1 atom stereocenters. The third kappa shape index (κ3) is 4.51. The zero-order chi connectivity index (χ0) is 22.8. The van der Waals surface area contributed by atoms with Gasteiger partial charge in [0.25, 0.3) is 5.91 Å². The maximum atomic E-state index is 13.4. The van der Waals surface area contributed by atoms with Gasteiger partial charge in [0.1, 0.15) is 0 Å².